The fourth-order valence-corrected chi connectivity index (χ4v) is 5.32. The Hall–Kier alpha value is -6.31. The van der Waals surface area contributed by atoms with Gasteiger partial charge < -0.3 is 8.83 Å². The van der Waals surface area contributed by atoms with Gasteiger partial charge in [0.2, 0.25) is 0 Å². The van der Waals surface area contributed by atoms with Crippen molar-refractivity contribution in [3.05, 3.63) is 114 Å². The van der Waals surface area contributed by atoms with Gasteiger partial charge in [-0.15, -0.1) is 0 Å². The quantitative estimate of drug-likeness (QED) is 0.221. The summed E-state index contributed by atoms with van der Waals surface area (Å²) in [7, 11) is 0. The molecule has 0 atom stereocenters. The smallest absolute Gasteiger partial charge is 0.164 e. The van der Waals surface area contributed by atoms with Gasteiger partial charge in [0.15, 0.2) is 17.5 Å². The van der Waals surface area contributed by atoms with Crippen molar-refractivity contribution in [3.8, 4) is 46.3 Å². The van der Waals surface area contributed by atoms with E-state index in [9.17, 15) is 10.5 Å². The van der Waals surface area contributed by atoms with Crippen LogP contribution in [0, 0.1) is 22.7 Å². The molecule has 0 spiro atoms. The zero-order valence-electron chi connectivity index (χ0n) is 21.9. The van der Waals surface area contributed by atoms with Crippen LogP contribution in [0.5, 0.6) is 0 Å². The molecule has 8 aromatic rings. The molecule has 8 rings (SSSR count). The first kappa shape index (κ1) is 23.6. The van der Waals surface area contributed by atoms with Crippen LogP contribution in [0.4, 0.5) is 0 Å². The highest BCUT2D eigenvalue weighted by molar-refractivity contribution is 6.07. The second kappa shape index (κ2) is 9.12. The Bertz CT molecular complexity index is 2290. The van der Waals surface area contributed by atoms with Crippen molar-refractivity contribution >= 4 is 43.9 Å². The van der Waals surface area contributed by atoms with Crippen molar-refractivity contribution < 1.29 is 8.83 Å². The highest BCUT2D eigenvalue weighted by Crippen LogP contribution is 2.35. The van der Waals surface area contributed by atoms with E-state index in [1.165, 1.54) is 0 Å². The summed E-state index contributed by atoms with van der Waals surface area (Å²) in [6.45, 7) is 0. The van der Waals surface area contributed by atoms with Gasteiger partial charge in [0.05, 0.1) is 23.3 Å². The van der Waals surface area contributed by atoms with Gasteiger partial charge in [-0.3, -0.25) is 0 Å². The third kappa shape index (κ3) is 3.77. The molecule has 0 amide bonds. The summed E-state index contributed by atoms with van der Waals surface area (Å²) >= 11 is 0. The van der Waals surface area contributed by atoms with E-state index >= 15 is 0 Å². The third-order valence-electron chi connectivity index (χ3n) is 7.38. The van der Waals surface area contributed by atoms with Gasteiger partial charge >= 0.3 is 0 Å². The van der Waals surface area contributed by atoms with E-state index in [-0.39, 0.29) is 0 Å². The second-order valence-corrected chi connectivity index (χ2v) is 9.94. The Morgan fingerprint density at radius 1 is 0.429 bits per heavy atom. The standard InChI is InChI=1S/C35H17N5O2/c36-18-20-6-10-29-25(14-20)27-16-23(8-12-31(27)41-29)34-38-33(22-4-2-1-3-5-22)39-35(40-34)24-9-13-32-28(17-24)26-15-21(19-37)7-11-30(26)42-32/h1-17H. The molecule has 0 radical (unpaired) electrons. The minimum Gasteiger partial charge on any atom is -0.456 e. The second-order valence-electron chi connectivity index (χ2n) is 9.94. The van der Waals surface area contributed by atoms with Gasteiger partial charge in [-0.25, -0.2) is 15.0 Å². The minimum absolute atomic E-state index is 0.510. The summed E-state index contributed by atoms with van der Waals surface area (Å²) in [6, 6.07) is 36.6. The number of rotatable bonds is 3. The van der Waals surface area contributed by atoms with Crippen molar-refractivity contribution in [3.63, 3.8) is 0 Å². The lowest BCUT2D eigenvalue weighted by Crippen LogP contribution is -2.00. The normalized spacial score (nSPS) is 11.3. The Kier molecular flexibility index (Phi) is 5.12. The molecule has 0 bridgehead atoms. The number of furan rings is 2. The van der Waals surface area contributed by atoms with Crippen LogP contribution in [-0.2, 0) is 0 Å². The molecule has 42 heavy (non-hydrogen) atoms. The summed E-state index contributed by atoms with van der Waals surface area (Å²) in [5.41, 5.74) is 6.44. The fraction of sp³-hybridized carbons (Fsp3) is 0. The molecule has 0 saturated carbocycles. The first-order chi connectivity index (χ1) is 20.7. The van der Waals surface area contributed by atoms with E-state index in [0.717, 1.165) is 49.4 Å². The number of nitrogens with zero attached hydrogens (tertiary/aromatic N) is 5. The molecular formula is C35H17N5O2. The van der Waals surface area contributed by atoms with Crippen molar-refractivity contribution in [2.45, 2.75) is 0 Å². The lowest BCUT2D eigenvalue weighted by atomic mass is 10.1. The number of nitriles is 2. The lowest BCUT2D eigenvalue weighted by molar-refractivity contribution is 0.668. The minimum atomic E-state index is 0.510. The summed E-state index contributed by atoms with van der Waals surface area (Å²) in [5.74, 6) is 1.56. The van der Waals surface area contributed by atoms with Crippen LogP contribution in [0.2, 0.25) is 0 Å². The van der Waals surface area contributed by atoms with E-state index in [0.29, 0.717) is 39.8 Å². The Balaban J connectivity index is 1.34. The molecule has 7 heteroatoms. The van der Waals surface area contributed by atoms with Gasteiger partial charge in [0.25, 0.3) is 0 Å². The van der Waals surface area contributed by atoms with Gasteiger partial charge in [-0.1, -0.05) is 30.3 Å². The number of aromatic nitrogens is 3. The molecule has 0 saturated heterocycles. The summed E-state index contributed by atoms with van der Waals surface area (Å²) in [4.78, 5) is 14.7. The third-order valence-corrected chi connectivity index (χ3v) is 7.38. The molecule has 0 unspecified atom stereocenters. The molecule has 0 N–H and O–H groups in total. The van der Waals surface area contributed by atoms with E-state index in [2.05, 4.69) is 12.1 Å². The average Bonchev–Trinajstić information content (AvgIpc) is 3.61. The van der Waals surface area contributed by atoms with Gasteiger partial charge in [0, 0.05) is 38.2 Å². The highest BCUT2D eigenvalue weighted by atomic mass is 16.3. The largest absolute Gasteiger partial charge is 0.456 e. The predicted octanol–water partition coefficient (Wildman–Crippen LogP) is 8.41. The van der Waals surface area contributed by atoms with Crippen LogP contribution in [0.25, 0.3) is 78.0 Å². The zero-order valence-corrected chi connectivity index (χ0v) is 21.9. The first-order valence-corrected chi connectivity index (χ1v) is 13.2. The molecule has 0 aliphatic rings. The first-order valence-electron chi connectivity index (χ1n) is 13.2. The predicted molar refractivity (Wildman–Crippen MR) is 160 cm³/mol. The highest BCUT2D eigenvalue weighted by Gasteiger charge is 2.16. The molecular weight excluding hydrogens is 522 g/mol. The molecule has 3 heterocycles. The zero-order chi connectivity index (χ0) is 28.2. The van der Waals surface area contributed by atoms with Crippen LogP contribution in [-0.4, -0.2) is 15.0 Å². The topological polar surface area (TPSA) is 113 Å². The van der Waals surface area contributed by atoms with Gasteiger partial charge in [-0.05, 0) is 72.8 Å². The number of hydrogen-bond acceptors (Lipinski definition) is 7. The monoisotopic (exact) mass is 539 g/mol. The van der Waals surface area contributed by atoms with Crippen LogP contribution >= 0.6 is 0 Å². The maximum Gasteiger partial charge on any atom is 0.164 e. The van der Waals surface area contributed by atoms with E-state index in [1.54, 1.807) is 12.1 Å². The van der Waals surface area contributed by atoms with E-state index in [4.69, 9.17) is 23.8 Å². The number of benzene rings is 5. The Morgan fingerprint density at radius 2 is 0.833 bits per heavy atom. The number of hydrogen-bond donors (Lipinski definition) is 0. The number of fused-ring (bicyclic) bond motifs is 6. The lowest BCUT2D eigenvalue weighted by Gasteiger charge is -2.08. The summed E-state index contributed by atoms with van der Waals surface area (Å²) < 4.78 is 12.0. The molecule has 194 valence electrons. The van der Waals surface area contributed by atoms with E-state index in [1.807, 2.05) is 91.0 Å². The SMILES string of the molecule is N#Cc1ccc2oc3ccc(-c4nc(-c5ccccc5)nc(-c5ccc6oc7ccc(C#N)cc7c6c5)n4)cc3c2c1. The average molecular weight is 540 g/mol. The Labute approximate surface area is 238 Å². The van der Waals surface area contributed by atoms with Crippen LogP contribution in [0.3, 0.4) is 0 Å². The van der Waals surface area contributed by atoms with Crippen LogP contribution < -0.4 is 0 Å². The van der Waals surface area contributed by atoms with Crippen LogP contribution in [0.15, 0.2) is 112 Å². The molecule has 0 aliphatic heterocycles. The fourth-order valence-electron chi connectivity index (χ4n) is 5.32. The van der Waals surface area contributed by atoms with E-state index < -0.39 is 0 Å². The molecule has 0 fully saturated rings. The van der Waals surface area contributed by atoms with Gasteiger partial charge in [0.1, 0.15) is 22.3 Å². The maximum atomic E-state index is 9.43. The molecule has 7 nitrogen and oxygen atoms in total. The van der Waals surface area contributed by atoms with Crippen LogP contribution in [0.1, 0.15) is 11.1 Å². The summed E-state index contributed by atoms with van der Waals surface area (Å²) in [6.07, 6.45) is 0. The Morgan fingerprint density at radius 3 is 1.29 bits per heavy atom. The summed E-state index contributed by atoms with van der Waals surface area (Å²) in [5, 5.41) is 22.3. The molecule has 0 aliphatic carbocycles. The van der Waals surface area contributed by atoms with Crippen molar-refractivity contribution in [1.82, 2.24) is 15.0 Å². The van der Waals surface area contributed by atoms with Crippen molar-refractivity contribution in [1.29, 1.82) is 10.5 Å². The maximum absolute atomic E-state index is 9.43. The van der Waals surface area contributed by atoms with Crippen molar-refractivity contribution in [2.75, 3.05) is 0 Å². The molecule has 3 aromatic heterocycles. The van der Waals surface area contributed by atoms with Gasteiger partial charge in [-0.2, -0.15) is 10.5 Å². The molecule has 5 aromatic carbocycles. The van der Waals surface area contributed by atoms with Crippen molar-refractivity contribution in [2.24, 2.45) is 0 Å².